The van der Waals surface area contributed by atoms with Gasteiger partial charge in [-0.15, -0.1) is 0 Å². The fourth-order valence-corrected chi connectivity index (χ4v) is 4.79. The van der Waals surface area contributed by atoms with E-state index in [4.69, 9.17) is 18.9 Å². The Kier molecular flexibility index (Phi) is 9.25. The summed E-state index contributed by atoms with van der Waals surface area (Å²) in [5.74, 6) is 0.600. The van der Waals surface area contributed by atoms with Crippen molar-refractivity contribution in [1.82, 2.24) is 10.4 Å². The average molecular weight is 592 g/mol. The van der Waals surface area contributed by atoms with Crippen molar-refractivity contribution in [1.29, 1.82) is 0 Å². The van der Waals surface area contributed by atoms with E-state index in [0.717, 1.165) is 27.6 Å². The molecule has 0 spiro atoms. The van der Waals surface area contributed by atoms with Crippen molar-refractivity contribution in [2.75, 3.05) is 20.3 Å². The van der Waals surface area contributed by atoms with Crippen LogP contribution >= 0.6 is 0 Å². The summed E-state index contributed by atoms with van der Waals surface area (Å²) in [5.41, 5.74) is 7.64. The Morgan fingerprint density at radius 2 is 1.59 bits per heavy atom. The van der Waals surface area contributed by atoms with Crippen LogP contribution in [0.5, 0.6) is 23.0 Å². The van der Waals surface area contributed by atoms with Gasteiger partial charge in [0, 0.05) is 16.5 Å². The van der Waals surface area contributed by atoms with E-state index in [9.17, 15) is 9.59 Å². The third kappa shape index (κ3) is 6.57. The highest BCUT2D eigenvalue weighted by Crippen LogP contribution is 2.34. The maximum atomic E-state index is 13.3. The van der Waals surface area contributed by atoms with E-state index in [-0.39, 0.29) is 11.7 Å². The molecule has 5 rings (SSSR count). The van der Waals surface area contributed by atoms with E-state index in [2.05, 4.69) is 21.6 Å². The summed E-state index contributed by atoms with van der Waals surface area (Å²) in [6.07, 6.45) is 1.49. The number of aryl methyl sites for hydroxylation is 1. The van der Waals surface area contributed by atoms with Gasteiger partial charge in [-0.1, -0.05) is 42.0 Å². The number of fused-ring (bicyclic) bond motifs is 1. The van der Waals surface area contributed by atoms with Crippen LogP contribution in [0.1, 0.15) is 45.8 Å². The molecule has 9 nitrogen and oxygen atoms in total. The van der Waals surface area contributed by atoms with Crippen LogP contribution in [0.15, 0.2) is 90.0 Å². The highest BCUT2D eigenvalue weighted by molar-refractivity contribution is 6.10. The van der Waals surface area contributed by atoms with Gasteiger partial charge in [0.15, 0.2) is 23.0 Å². The number of esters is 1. The second-order valence-electron chi connectivity index (χ2n) is 9.82. The first kappa shape index (κ1) is 29.9. The smallest absolute Gasteiger partial charge is 0.343 e. The molecule has 0 fully saturated rings. The van der Waals surface area contributed by atoms with E-state index < -0.39 is 5.97 Å². The van der Waals surface area contributed by atoms with Crippen LogP contribution in [0, 0.1) is 6.92 Å². The van der Waals surface area contributed by atoms with Crippen LogP contribution in [0.4, 0.5) is 0 Å². The number of ether oxygens (including phenoxy) is 4. The van der Waals surface area contributed by atoms with Gasteiger partial charge < -0.3 is 23.9 Å². The molecule has 0 bridgehead atoms. The fraction of sp³-hybridized carbons (Fsp3) is 0.171. The quantitative estimate of drug-likeness (QED) is 0.0746. The fourth-order valence-electron chi connectivity index (χ4n) is 4.79. The topological polar surface area (TPSA) is 111 Å². The number of aromatic amines is 1. The number of amides is 1. The van der Waals surface area contributed by atoms with Crippen molar-refractivity contribution in [3.8, 4) is 34.1 Å². The van der Waals surface area contributed by atoms with E-state index in [1.54, 1.807) is 36.4 Å². The number of rotatable bonds is 11. The molecule has 44 heavy (non-hydrogen) atoms. The largest absolute Gasteiger partial charge is 0.493 e. The Labute approximate surface area is 255 Å². The van der Waals surface area contributed by atoms with Gasteiger partial charge in [-0.05, 0) is 80.4 Å². The van der Waals surface area contributed by atoms with Crippen molar-refractivity contribution in [3.05, 3.63) is 107 Å². The number of hydrazone groups is 1. The number of carbonyl (C=O) groups excluding carboxylic acids is 2. The monoisotopic (exact) mass is 591 g/mol. The number of nitrogens with zero attached hydrogens (tertiary/aromatic N) is 1. The van der Waals surface area contributed by atoms with Crippen LogP contribution in [0.3, 0.4) is 0 Å². The zero-order chi connectivity index (χ0) is 31.1. The summed E-state index contributed by atoms with van der Waals surface area (Å²) in [7, 11) is 1.47. The maximum Gasteiger partial charge on any atom is 0.343 e. The molecule has 2 N–H and O–H groups in total. The lowest BCUT2D eigenvalue weighted by molar-refractivity contribution is 0.0728. The molecular weight excluding hydrogens is 558 g/mol. The number of hydrogen-bond acceptors (Lipinski definition) is 7. The Bertz CT molecular complexity index is 1830. The first-order valence-electron chi connectivity index (χ1n) is 14.2. The molecule has 1 heterocycles. The molecular formula is C35H33N3O6. The number of H-pyrrole nitrogens is 1. The van der Waals surface area contributed by atoms with Crippen LogP contribution in [-0.4, -0.2) is 43.4 Å². The minimum atomic E-state index is -0.580. The van der Waals surface area contributed by atoms with E-state index in [1.807, 2.05) is 63.2 Å². The van der Waals surface area contributed by atoms with Crippen LogP contribution < -0.4 is 24.4 Å². The van der Waals surface area contributed by atoms with E-state index in [0.29, 0.717) is 47.3 Å². The molecule has 0 saturated carbocycles. The molecule has 5 aromatic rings. The Morgan fingerprint density at radius 3 is 2.34 bits per heavy atom. The van der Waals surface area contributed by atoms with Gasteiger partial charge in [0.2, 0.25) is 0 Å². The van der Waals surface area contributed by atoms with Gasteiger partial charge >= 0.3 is 5.97 Å². The van der Waals surface area contributed by atoms with Crippen LogP contribution in [0.25, 0.3) is 22.0 Å². The average Bonchev–Trinajstić information content (AvgIpc) is 3.42. The summed E-state index contributed by atoms with van der Waals surface area (Å²) < 4.78 is 22.3. The molecule has 224 valence electrons. The standard InChI is InChI=1S/C35H33N3O6/c1-5-42-28-17-14-25(20-31(28)43-6-2)35(40)44-29-16-13-23(19-30(29)41-4)21-36-38-34(39)33-32(24-10-8-7-9-11-24)26-18-22(3)12-15-27(26)37-33/h7-21,37H,5-6H2,1-4H3,(H,38,39). The lowest BCUT2D eigenvalue weighted by Crippen LogP contribution is -2.18. The number of carbonyl (C=O) groups is 2. The third-order valence-corrected chi connectivity index (χ3v) is 6.79. The van der Waals surface area contributed by atoms with Crippen molar-refractivity contribution < 1.29 is 28.5 Å². The van der Waals surface area contributed by atoms with E-state index >= 15 is 0 Å². The van der Waals surface area contributed by atoms with Gasteiger partial charge in [0.05, 0.1) is 32.1 Å². The SMILES string of the molecule is CCOc1ccc(C(=O)Oc2ccc(C=NNC(=O)c3[nH]c4ccc(C)cc4c3-c3ccccc3)cc2OC)cc1OCC. The van der Waals surface area contributed by atoms with Crippen molar-refractivity contribution >= 4 is 29.0 Å². The van der Waals surface area contributed by atoms with Crippen molar-refractivity contribution in [3.63, 3.8) is 0 Å². The van der Waals surface area contributed by atoms with Gasteiger partial charge in [-0.2, -0.15) is 5.10 Å². The predicted molar refractivity (Wildman–Crippen MR) is 170 cm³/mol. The molecule has 0 saturated heterocycles. The van der Waals surface area contributed by atoms with Crippen LogP contribution in [0.2, 0.25) is 0 Å². The Hall–Kier alpha value is -5.57. The summed E-state index contributed by atoms with van der Waals surface area (Å²) in [6, 6.07) is 25.6. The molecule has 0 aliphatic heterocycles. The number of benzene rings is 4. The number of methoxy groups -OCH3 is 1. The zero-order valence-electron chi connectivity index (χ0n) is 25.0. The number of nitrogens with one attached hydrogen (secondary N) is 2. The normalized spacial score (nSPS) is 11.0. The highest BCUT2D eigenvalue weighted by atomic mass is 16.6. The first-order valence-corrected chi connectivity index (χ1v) is 14.2. The first-order chi connectivity index (χ1) is 21.4. The third-order valence-electron chi connectivity index (χ3n) is 6.79. The second-order valence-corrected chi connectivity index (χ2v) is 9.82. The number of hydrogen-bond donors (Lipinski definition) is 2. The maximum absolute atomic E-state index is 13.3. The predicted octanol–water partition coefficient (Wildman–Crippen LogP) is 6.93. The lowest BCUT2D eigenvalue weighted by Gasteiger charge is -2.13. The molecule has 1 amide bonds. The molecule has 0 aliphatic rings. The van der Waals surface area contributed by atoms with Crippen LogP contribution in [-0.2, 0) is 0 Å². The Morgan fingerprint density at radius 1 is 0.841 bits per heavy atom. The summed E-state index contributed by atoms with van der Waals surface area (Å²) in [5, 5.41) is 5.13. The molecule has 1 aromatic heterocycles. The van der Waals surface area contributed by atoms with Crippen molar-refractivity contribution in [2.45, 2.75) is 20.8 Å². The molecule has 0 atom stereocenters. The minimum absolute atomic E-state index is 0.228. The summed E-state index contributed by atoms with van der Waals surface area (Å²) in [6.45, 7) is 6.64. The van der Waals surface area contributed by atoms with Gasteiger partial charge in [0.1, 0.15) is 5.69 Å². The zero-order valence-corrected chi connectivity index (χ0v) is 25.0. The molecule has 4 aromatic carbocycles. The molecule has 0 aliphatic carbocycles. The molecule has 0 radical (unpaired) electrons. The Balaban J connectivity index is 1.32. The number of aromatic nitrogens is 1. The molecule has 0 unspecified atom stereocenters. The summed E-state index contributed by atoms with van der Waals surface area (Å²) in [4.78, 5) is 29.5. The van der Waals surface area contributed by atoms with Gasteiger partial charge in [-0.3, -0.25) is 4.79 Å². The lowest BCUT2D eigenvalue weighted by atomic mass is 10.0. The van der Waals surface area contributed by atoms with Crippen molar-refractivity contribution in [2.24, 2.45) is 5.10 Å². The van der Waals surface area contributed by atoms with Gasteiger partial charge in [-0.25, -0.2) is 10.2 Å². The highest BCUT2D eigenvalue weighted by Gasteiger charge is 2.20. The second kappa shape index (κ2) is 13.6. The molecule has 9 heteroatoms. The minimum Gasteiger partial charge on any atom is -0.493 e. The van der Waals surface area contributed by atoms with E-state index in [1.165, 1.54) is 13.3 Å². The van der Waals surface area contributed by atoms with Gasteiger partial charge in [0.25, 0.3) is 5.91 Å². The summed E-state index contributed by atoms with van der Waals surface area (Å²) >= 11 is 0.